The molecule has 1 aliphatic carbocycles. The highest BCUT2D eigenvalue weighted by Gasteiger charge is 2.27. The minimum atomic E-state index is 0.140. The fourth-order valence-corrected chi connectivity index (χ4v) is 3.72. The Morgan fingerprint density at radius 3 is 2.70 bits per heavy atom. The molecule has 2 heterocycles. The summed E-state index contributed by atoms with van der Waals surface area (Å²) in [5.74, 6) is 1.72. The van der Waals surface area contributed by atoms with E-state index in [9.17, 15) is 4.79 Å². The molecule has 7 nitrogen and oxygen atoms in total. The number of hydrogen-bond acceptors (Lipinski definition) is 5. The Bertz CT molecular complexity index is 942. The van der Waals surface area contributed by atoms with Crippen LogP contribution in [-0.2, 0) is 4.79 Å². The van der Waals surface area contributed by atoms with Crippen molar-refractivity contribution >= 4 is 22.8 Å². The van der Waals surface area contributed by atoms with Gasteiger partial charge in [-0.1, -0.05) is 18.2 Å². The van der Waals surface area contributed by atoms with Gasteiger partial charge in [0.2, 0.25) is 11.9 Å². The second kappa shape index (κ2) is 7.34. The van der Waals surface area contributed by atoms with Gasteiger partial charge in [0.25, 0.3) is 0 Å². The van der Waals surface area contributed by atoms with E-state index in [1.165, 1.54) is 0 Å². The van der Waals surface area contributed by atoms with E-state index >= 15 is 0 Å². The first kappa shape index (κ1) is 17.5. The SMILES string of the molecule is CN(C)C(=O)[C@H]1CC[C@H](Nc2nccc(-n3ncc4ccccc43)n2)CC1. The summed E-state index contributed by atoms with van der Waals surface area (Å²) in [5, 5.41) is 8.97. The second-order valence-corrected chi connectivity index (χ2v) is 7.28. The third kappa shape index (κ3) is 3.63. The van der Waals surface area contributed by atoms with Crippen molar-refractivity contribution in [2.75, 3.05) is 19.4 Å². The minimum absolute atomic E-state index is 0.140. The average molecular weight is 364 g/mol. The molecule has 2 aromatic heterocycles. The van der Waals surface area contributed by atoms with Gasteiger partial charge >= 0.3 is 0 Å². The summed E-state index contributed by atoms with van der Waals surface area (Å²) in [4.78, 5) is 22.8. The molecule has 1 saturated carbocycles. The van der Waals surface area contributed by atoms with Crippen LogP contribution < -0.4 is 5.32 Å². The highest BCUT2D eigenvalue weighted by atomic mass is 16.2. The molecule has 0 saturated heterocycles. The van der Waals surface area contributed by atoms with Crippen molar-refractivity contribution in [3.63, 3.8) is 0 Å². The molecule has 1 N–H and O–H groups in total. The largest absolute Gasteiger partial charge is 0.351 e. The van der Waals surface area contributed by atoms with Crippen molar-refractivity contribution in [2.45, 2.75) is 31.7 Å². The Balaban J connectivity index is 1.46. The molecular weight excluding hydrogens is 340 g/mol. The number of carbonyl (C=O) groups excluding carboxylic acids is 1. The third-order valence-corrected chi connectivity index (χ3v) is 5.19. The van der Waals surface area contributed by atoms with E-state index in [0.717, 1.165) is 42.4 Å². The molecule has 0 spiro atoms. The predicted molar refractivity (Wildman–Crippen MR) is 105 cm³/mol. The Morgan fingerprint density at radius 2 is 1.93 bits per heavy atom. The molecule has 3 aromatic rings. The normalized spacial score (nSPS) is 19.8. The van der Waals surface area contributed by atoms with Gasteiger partial charge in [-0.25, -0.2) is 9.67 Å². The minimum Gasteiger partial charge on any atom is -0.351 e. The van der Waals surface area contributed by atoms with Gasteiger partial charge in [0.05, 0.1) is 11.7 Å². The van der Waals surface area contributed by atoms with Gasteiger partial charge in [-0.15, -0.1) is 0 Å². The van der Waals surface area contributed by atoms with E-state index in [2.05, 4.69) is 20.4 Å². The maximum atomic E-state index is 12.1. The molecule has 1 aliphatic rings. The molecule has 0 radical (unpaired) electrons. The van der Waals surface area contributed by atoms with Crippen LogP contribution in [-0.4, -0.2) is 50.7 Å². The van der Waals surface area contributed by atoms with Gasteiger partial charge in [0.1, 0.15) is 0 Å². The average Bonchev–Trinajstić information content (AvgIpc) is 3.12. The zero-order valence-corrected chi connectivity index (χ0v) is 15.7. The van der Waals surface area contributed by atoms with Gasteiger partial charge in [-0.3, -0.25) is 4.79 Å². The number of fused-ring (bicyclic) bond motifs is 1. The van der Waals surface area contributed by atoms with Crippen LogP contribution in [0.2, 0.25) is 0 Å². The lowest BCUT2D eigenvalue weighted by Crippen LogP contribution is -2.35. The van der Waals surface area contributed by atoms with Gasteiger partial charge in [-0.05, 0) is 31.7 Å². The number of aromatic nitrogens is 4. The van der Waals surface area contributed by atoms with Gasteiger partial charge < -0.3 is 10.2 Å². The molecule has 0 bridgehead atoms. The third-order valence-electron chi connectivity index (χ3n) is 5.19. The fraction of sp³-hybridized carbons (Fsp3) is 0.400. The first-order valence-corrected chi connectivity index (χ1v) is 9.35. The lowest BCUT2D eigenvalue weighted by molar-refractivity contribution is -0.133. The van der Waals surface area contributed by atoms with Gasteiger partial charge in [-0.2, -0.15) is 10.1 Å². The lowest BCUT2D eigenvalue weighted by Gasteiger charge is -2.29. The first-order chi connectivity index (χ1) is 13.1. The number of rotatable bonds is 4. The molecular formula is C20H24N6O. The maximum absolute atomic E-state index is 12.1. The summed E-state index contributed by atoms with van der Waals surface area (Å²) in [7, 11) is 3.65. The number of anilines is 1. The zero-order chi connectivity index (χ0) is 18.8. The summed E-state index contributed by atoms with van der Waals surface area (Å²) in [5.41, 5.74) is 1.02. The van der Waals surface area contributed by atoms with E-state index in [4.69, 9.17) is 0 Å². The van der Waals surface area contributed by atoms with E-state index < -0.39 is 0 Å². The number of para-hydroxylation sites is 1. The number of carbonyl (C=O) groups is 1. The number of nitrogens with zero attached hydrogens (tertiary/aromatic N) is 5. The van der Waals surface area contributed by atoms with Crippen molar-refractivity contribution in [2.24, 2.45) is 5.92 Å². The van der Waals surface area contributed by atoms with Crippen LogP contribution in [0.15, 0.2) is 42.7 Å². The number of amides is 1. The number of hydrogen-bond donors (Lipinski definition) is 1. The topological polar surface area (TPSA) is 75.9 Å². The summed E-state index contributed by atoms with van der Waals surface area (Å²) in [6, 6.07) is 10.2. The summed E-state index contributed by atoms with van der Waals surface area (Å²) < 4.78 is 1.83. The van der Waals surface area contributed by atoms with Crippen LogP contribution >= 0.6 is 0 Å². The van der Waals surface area contributed by atoms with Crippen molar-refractivity contribution < 1.29 is 4.79 Å². The standard InChI is InChI=1S/C20H24N6O/c1-25(2)19(27)14-7-9-16(10-8-14)23-20-21-12-11-18(24-20)26-17-6-4-3-5-15(17)13-22-26/h3-6,11-14,16H,7-10H2,1-2H3,(H,21,23,24)/t14-,16-. The van der Waals surface area contributed by atoms with Crippen molar-refractivity contribution in [3.8, 4) is 5.82 Å². The van der Waals surface area contributed by atoms with Crippen molar-refractivity contribution in [1.29, 1.82) is 0 Å². The molecule has 140 valence electrons. The second-order valence-electron chi connectivity index (χ2n) is 7.28. The predicted octanol–water partition coefficient (Wildman–Crippen LogP) is 2.87. The van der Waals surface area contributed by atoms with Crippen LogP contribution in [0.5, 0.6) is 0 Å². The summed E-state index contributed by atoms with van der Waals surface area (Å²) in [6.45, 7) is 0. The van der Waals surface area contributed by atoms with Crippen LogP contribution in [0, 0.1) is 5.92 Å². The number of benzene rings is 1. The van der Waals surface area contributed by atoms with E-state index in [0.29, 0.717) is 12.0 Å². The molecule has 1 aromatic carbocycles. The van der Waals surface area contributed by atoms with Crippen molar-refractivity contribution in [3.05, 3.63) is 42.7 Å². The smallest absolute Gasteiger partial charge is 0.225 e. The Labute approximate surface area is 158 Å². The van der Waals surface area contributed by atoms with Crippen molar-refractivity contribution in [1.82, 2.24) is 24.6 Å². The zero-order valence-electron chi connectivity index (χ0n) is 15.7. The van der Waals surface area contributed by atoms with E-state index in [1.807, 2.05) is 55.3 Å². The van der Waals surface area contributed by atoms with Crippen LogP contribution in [0.1, 0.15) is 25.7 Å². The maximum Gasteiger partial charge on any atom is 0.225 e. The molecule has 1 fully saturated rings. The molecule has 4 rings (SSSR count). The van der Waals surface area contributed by atoms with Crippen LogP contribution in [0.4, 0.5) is 5.95 Å². The number of nitrogens with one attached hydrogen (secondary N) is 1. The van der Waals surface area contributed by atoms with E-state index in [1.54, 1.807) is 11.1 Å². The first-order valence-electron chi connectivity index (χ1n) is 9.35. The molecule has 0 aliphatic heterocycles. The summed E-state index contributed by atoms with van der Waals surface area (Å²) >= 11 is 0. The van der Waals surface area contributed by atoms with Crippen LogP contribution in [0.25, 0.3) is 16.7 Å². The molecule has 0 atom stereocenters. The molecule has 0 unspecified atom stereocenters. The lowest BCUT2D eigenvalue weighted by atomic mass is 9.85. The Morgan fingerprint density at radius 1 is 1.15 bits per heavy atom. The summed E-state index contributed by atoms with van der Waals surface area (Å²) in [6.07, 6.45) is 7.29. The fourth-order valence-electron chi connectivity index (χ4n) is 3.72. The van der Waals surface area contributed by atoms with Crippen LogP contribution in [0.3, 0.4) is 0 Å². The highest BCUT2D eigenvalue weighted by Crippen LogP contribution is 2.27. The van der Waals surface area contributed by atoms with E-state index in [-0.39, 0.29) is 11.8 Å². The van der Waals surface area contributed by atoms with Gasteiger partial charge in [0, 0.05) is 43.7 Å². The molecule has 1 amide bonds. The molecule has 27 heavy (non-hydrogen) atoms. The Hall–Kier alpha value is -2.96. The van der Waals surface area contributed by atoms with Gasteiger partial charge in [0.15, 0.2) is 5.82 Å². The molecule has 7 heteroatoms. The highest BCUT2D eigenvalue weighted by molar-refractivity contribution is 5.80. The Kier molecular flexibility index (Phi) is 4.75. The monoisotopic (exact) mass is 364 g/mol. The quantitative estimate of drug-likeness (QED) is 0.770.